The number of halogens is 3. The van der Waals surface area contributed by atoms with E-state index in [1.165, 1.54) is 30.3 Å². The summed E-state index contributed by atoms with van der Waals surface area (Å²) in [6, 6.07) is 9.44. The Morgan fingerprint density at radius 2 is 2.00 bits per heavy atom. The number of urea groups is 1. The van der Waals surface area contributed by atoms with Gasteiger partial charge in [0.2, 0.25) is 0 Å². The number of hydrogen-bond donors (Lipinski definition) is 2. The van der Waals surface area contributed by atoms with Gasteiger partial charge in [-0.15, -0.1) is 0 Å². The van der Waals surface area contributed by atoms with Crippen LogP contribution in [0.1, 0.15) is 18.4 Å². The molecule has 3 heterocycles. The highest BCUT2D eigenvalue weighted by molar-refractivity contribution is 6.02. The van der Waals surface area contributed by atoms with E-state index in [1.54, 1.807) is 18.2 Å². The summed E-state index contributed by atoms with van der Waals surface area (Å²) >= 11 is 0. The Kier molecular flexibility index (Phi) is 6.29. The van der Waals surface area contributed by atoms with Gasteiger partial charge in [-0.3, -0.25) is 10.2 Å². The molecule has 0 fully saturated rings. The standard InChI is InChI=1S/C22H21F3N6O2/c1-33-20-27-11-9-18(29-20)30-21(32)31-12-3-2-10-26-17-8-7-16(28-19(17)31)14-5-4-6-15(13-14)22(23,24)25/h4-9,11,13,26H,2-3,10,12H2,1H3,(H,27,29,30,32). The third kappa shape index (κ3) is 5.13. The van der Waals surface area contributed by atoms with E-state index in [1.807, 2.05) is 0 Å². The molecule has 3 aromatic rings. The minimum absolute atomic E-state index is 0.104. The minimum atomic E-state index is -4.47. The van der Waals surface area contributed by atoms with Gasteiger partial charge in [-0.25, -0.2) is 14.8 Å². The highest BCUT2D eigenvalue weighted by Crippen LogP contribution is 2.34. The molecule has 172 valence electrons. The minimum Gasteiger partial charge on any atom is -0.467 e. The molecule has 8 nitrogen and oxygen atoms in total. The fourth-order valence-electron chi connectivity index (χ4n) is 3.42. The molecule has 0 radical (unpaired) electrons. The predicted octanol–water partition coefficient (Wildman–Crippen LogP) is 4.81. The van der Waals surface area contributed by atoms with Crippen molar-refractivity contribution in [2.24, 2.45) is 0 Å². The van der Waals surface area contributed by atoms with E-state index in [0.29, 0.717) is 42.3 Å². The third-order valence-corrected chi connectivity index (χ3v) is 5.04. The van der Waals surface area contributed by atoms with Crippen LogP contribution in [-0.2, 0) is 6.18 Å². The lowest BCUT2D eigenvalue weighted by atomic mass is 10.1. The molecule has 4 rings (SSSR count). The van der Waals surface area contributed by atoms with Crippen molar-refractivity contribution in [1.29, 1.82) is 0 Å². The number of methoxy groups -OCH3 is 1. The molecule has 0 spiro atoms. The summed E-state index contributed by atoms with van der Waals surface area (Å²) in [6.07, 6.45) is -1.47. The zero-order chi connectivity index (χ0) is 23.4. The smallest absolute Gasteiger partial charge is 0.416 e. The quantitative estimate of drug-likeness (QED) is 0.585. The SMILES string of the molecule is COc1nccc(NC(=O)N2CCCCNc3ccc(-c4cccc(C(F)(F)F)c4)nc32)n1. The van der Waals surface area contributed by atoms with Crippen molar-refractivity contribution in [3.63, 3.8) is 0 Å². The van der Waals surface area contributed by atoms with Gasteiger partial charge in [0.1, 0.15) is 5.82 Å². The van der Waals surface area contributed by atoms with E-state index in [2.05, 4.69) is 25.6 Å². The lowest BCUT2D eigenvalue weighted by Gasteiger charge is -2.27. The van der Waals surface area contributed by atoms with Crippen LogP contribution in [0.15, 0.2) is 48.7 Å². The van der Waals surface area contributed by atoms with Crippen LogP contribution in [0.25, 0.3) is 11.3 Å². The highest BCUT2D eigenvalue weighted by Gasteiger charge is 2.31. The molecule has 0 aliphatic carbocycles. The first kappa shape index (κ1) is 22.3. The summed E-state index contributed by atoms with van der Waals surface area (Å²) in [5, 5.41) is 5.94. The highest BCUT2D eigenvalue weighted by atomic mass is 19.4. The molecule has 2 amide bonds. The Labute approximate surface area is 187 Å². The Balaban J connectivity index is 1.69. The summed E-state index contributed by atoms with van der Waals surface area (Å²) in [5.74, 6) is 0.570. The number of benzene rings is 1. The van der Waals surface area contributed by atoms with E-state index in [0.717, 1.165) is 18.6 Å². The number of anilines is 3. The van der Waals surface area contributed by atoms with Gasteiger partial charge in [-0.05, 0) is 43.2 Å². The van der Waals surface area contributed by atoms with E-state index in [-0.39, 0.29) is 11.8 Å². The Bertz CT molecular complexity index is 1150. The monoisotopic (exact) mass is 458 g/mol. The number of carbonyl (C=O) groups is 1. The average Bonchev–Trinajstić information content (AvgIpc) is 2.79. The molecule has 11 heteroatoms. The molecule has 33 heavy (non-hydrogen) atoms. The first-order valence-corrected chi connectivity index (χ1v) is 10.2. The molecule has 1 aromatic carbocycles. The summed E-state index contributed by atoms with van der Waals surface area (Å²) < 4.78 is 44.5. The molecule has 0 atom stereocenters. The molecule has 2 aromatic heterocycles. The number of fused-ring (bicyclic) bond motifs is 1. The van der Waals surface area contributed by atoms with Crippen LogP contribution in [0.4, 0.5) is 35.3 Å². The summed E-state index contributed by atoms with van der Waals surface area (Å²) in [7, 11) is 1.42. The largest absolute Gasteiger partial charge is 0.467 e. The van der Waals surface area contributed by atoms with E-state index >= 15 is 0 Å². The van der Waals surface area contributed by atoms with Crippen molar-refractivity contribution < 1.29 is 22.7 Å². The number of rotatable bonds is 3. The van der Waals surface area contributed by atoms with Gasteiger partial charge in [0.25, 0.3) is 0 Å². The maximum Gasteiger partial charge on any atom is 0.416 e. The molecular weight excluding hydrogens is 437 g/mol. The Hall–Kier alpha value is -3.89. The fourth-order valence-corrected chi connectivity index (χ4v) is 3.42. The van der Waals surface area contributed by atoms with Crippen molar-refractivity contribution in [3.05, 3.63) is 54.2 Å². The number of carbonyl (C=O) groups excluding carboxylic acids is 1. The zero-order valence-corrected chi connectivity index (χ0v) is 17.7. The molecule has 0 unspecified atom stereocenters. The normalized spacial score (nSPS) is 13.9. The Morgan fingerprint density at radius 3 is 2.79 bits per heavy atom. The molecule has 1 aliphatic rings. The summed E-state index contributed by atoms with van der Waals surface area (Å²) in [5.41, 5.74) is 0.471. The van der Waals surface area contributed by atoms with Gasteiger partial charge in [-0.2, -0.15) is 18.2 Å². The van der Waals surface area contributed by atoms with E-state index < -0.39 is 17.8 Å². The average molecular weight is 458 g/mol. The first-order valence-electron chi connectivity index (χ1n) is 10.2. The third-order valence-electron chi connectivity index (χ3n) is 5.04. The van der Waals surface area contributed by atoms with E-state index in [9.17, 15) is 18.0 Å². The topological polar surface area (TPSA) is 92.3 Å². The Morgan fingerprint density at radius 1 is 1.15 bits per heavy atom. The van der Waals surface area contributed by atoms with Crippen LogP contribution in [0, 0.1) is 0 Å². The number of nitrogens with zero attached hydrogens (tertiary/aromatic N) is 4. The van der Waals surface area contributed by atoms with Gasteiger partial charge in [0, 0.05) is 24.8 Å². The number of nitrogens with one attached hydrogen (secondary N) is 2. The van der Waals surface area contributed by atoms with Crippen molar-refractivity contribution in [1.82, 2.24) is 15.0 Å². The second-order valence-corrected chi connectivity index (χ2v) is 7.29. The molecule has 2 N–H and O–H groups in total. The van der Waals surface area contributed by atoms with Crippen LogP contribution < -0.4 is 20.3 Å². The van der Waals surface area contributed by atoms with Crippen molar-refractivity contribution in [2.45, 2.75) is 19.0 Å². The van der Waals surface area contributed by atoms with Gasteiger partial charge in [0.15, 0.2) is 5.82 Å². The van der Waals surface area contributed by atoms with Crippen LogP contribution in [0.3, 0.4) is 0 Å². The fraction of sp³-hybridized carbons (Fsp3) is 0.273. The molecule has 0 bridgehead atoms. The summed E-state index contributed by atoms with van der Waals surface area (Å²) in [4.78, 5) is 27.1. The van der Waals surface area contributed by atoms with Gasteiger partial charge in [0.05, 0.1) is 24.1 Å². The molecule has 1 aliphatic heterocycles. The lowest BCUT2D eigenvalue weighted by Crippen LogP contribution is -2.38. The molecule has 0 saturated heterocycles. The van der Waals surface area contributed by atoms with Gasteiger partial charge >= 0.3 is 18.2 Å². The van der Waals surface area contributed by atoms with Gasteiger partial charge in [-0.1, -0.05) is 12.1 Å². The van der Waals surface area contributed by atoms with Crippen LogP contribution in [-0.4, -0.2) is 41.2 Å². The zero-order valence-electron chi connectivity index (χ0n) is 17.7. The predicted molar refractivity (Wildman–Crippen MR) is 117 cm³/mol. The van der Waals surface area contributed by atoms with Crippen molar-refractivity contribution >= 4 is 23.4 Å². The van der Waals surface area contributed by atoms with Crippen LogP contribution in [0.2, 0.25) is 0 Å². The number of ether oxygens (including phenoxy) is 1. The first-order chi connectivity index (χ1) is 15.8. The van der Waals surface area contributed by atoms with Gasteiger partial charge < -0.3 is 10.1 Å². The van der Waals surface area contributed by atoms with Crippen LogP contribution >= 0.6 is 0 Å². The second kappa shape index (κ2) is 9.31. The molecular formula is C22H21F3N6O2. The maximum atomic E-state index is 13.2. The van der Waals surface area contributed by atoms with E-state index in [4.69, 9.17) is 4.74 Å². The number of alkyl halides is 3. The second-order valence-electron chi connectivity index (χ2n) is 7.29. The van der Waals surface area contributed by atoms with Crippen LogP contribution in [0.5, 0.6) is 6.01 Å². The number of hydrogen-bond acceptors (Lipinski definition) is 6. The summed E-state index contributed by atoms with van der Waals surface area (Å²) in [6.45, 7) is 1.07. The lowest BCUT2D eigenvalue weighted by molar-refractivity contribution is -0.137. The maximum absolute atomic E-state index is 13.2. The number of pyridine rings is 1. The number of aromatic nitrogens is 3. The molecule has 0 saturated carbocycles. The van der Waals surface area contributed by atoms with Crippen molar-refractivity contribution in [2.75, 3.05) is 35.7 Å². The number of amides is 2. The van der Waals surface area contributed by atoms with Crippen molar-refractivity contribution in [3.8, 4) is 17.3 Å².